The van der Waals surface area contributed by atoms with Gasteiger partial charge in [-0.1, -0.05) is 85.4 Å². The lowest BCUT2D eigenvalue weighted by molar-refractivity contribution is -0.142. The van der Waals surface area contributed by atoms with Crippen molar-refractivity contribution in [3.05, 3.63) is 65.2 Å². The Hall–Kier alpha value is -5.22. The van der Waals surface area contributed by atoms with Crippen molar-refractivity contribution in [3.8, 4) is 0 Å². The molecule has 6 amide bonds. The fourth-order valence-corrected chi connectivity index (χ4v) is 4.53. The molecule has 0 aliphatic rings. The Labute approximate surface area is 331 Å². The number of rotatable bonds is 20. The average Bonchev–Trinajstić information content (AvgIpc) is 3.13. The number of amides is 6. The number of carboxylic acids is 1. The number of benzene rings is 2. The summed E-state index contributed by atoms with van der Waals surface area (Å²) in [7, 11) is 0. The van der Waals surface area contributed by atoms with Crippen molar-refractivity contribution in [2.75, 3.05) is 18.8 Å². The normalized spacial score (nSPS) is 12.5. The number of hydrogen-bond acceptors (Lipinski definition) is 9. The first kappa shape index (κ1) is 52.9. The highest BCUT2D eigenvalue weighted by Gasteiger charge is 2.25. The van der Waals surface area contributed by atoms with Crippen LogP contribution in [0, 0.1) is 23.7 Å². The Morgan fingerprint density at radius 3 is 1.32 bits per heavy atom. The van der Waals surface area contributed by atoms with Crippen LogP contribution in [0.15, 0.2) is 48.5 Å². The van der Waals surface area contributed by atoms with Gasteiger partial charge >= 0.3 is 18.0 Å². The second kappa shape index (κ2) is 29.1. The van der Waals surface area contributed by atoms with Gasteiger partial charge in [-0.15, -0.1) is 0 Å². The van der Waals surface area contributed by atoms with Gasteiger partial charge in [-0.05, 0) is 66.3 Å². The molecule has 2 rings (SSSR count). The largest absolute Gasteiger partial charge is 0.480 e. The summed E-state index contributed by atoms with van der Waals surface area (Å²) in [5, 5.41) is 36.9. The molecular weight excluding hydrogens is 722 g/mol. The molecule has 13 N–H and O–H groups in total. The van der Waals surface area contributed by atoms with Crippen molar-refractivity contribution in [2.45, 2.75) is 106 Å². The highest BCUT2D eigenvalue weighted by atomic mass is 16.4. The van der Waals surface area contributed by atoms with E-state index in [2.05, 4.69) is 21.3 Å². The minimum absolute atomic E-state index is 0. The van der Waals surface area contributed by atoms with Gasteiger partial charge in [0.05, 0.1) is 19.3 Å². The molecule has 0 unspecified atom stereocenters. The zero-order valence-electron chi connectivity index (χ0n) is 33.0. The number of primary amides is 2. The zero-order chi connectivity index (χ0) is 42.1. The first-order valence-corrected chi connectivity index (χ1v) is 18.4. The van der Waals surface area contributed by atoms with E-state index < -0.39 is 30.1 Å². The quantitative estimate of drug-likeness (QED) is 0.0690. The maximum absolute atomic E-state index is 12.7. The Morgan fingerprint density at radius 2 is 0.964 bits per heavy atom. The highest BCUT2D eigenvalue weighted by molar-refractivity contribution is 5.91. The summed E-state index contributed by atoms with van der Waals surface area (Å²) >= 11 is 0. The molecule has 4 atom stereocenters. The molecule has 0 saturated heterocycles. The average molecular weight is 790 g/mol. The van der Waals surface area contributed by atoms with Crippen LogP contribution in [0.3, 0.4) is 0 Å². The third-order valence-electron chi connectivity index (χ3n) is 8.83. The molecule has 16 nitrogen and oxygen atoms in total. The number of nitrogens with one attached hydrogen (secondary N) is 4. The number of hydrogen-bond donors (Lipinski definition) is 10. The molecule has 0 aliphatic carbocycles. The molecule has 316 valence electrons. The van der Waals surface area contributed by atoms with Crippen molar-refractivity contribution >= 4 is 41.3 Å². The first-order chi connectivity index (χ1) is 25.8. The lowest BCUT2D eigenvalue weighted by atomic mass is 9.95. The highest BCUT2D eigenvalue weighted by Crippen LogP contribution is 2.13. The Morgan fingerprint density at radius 1 is 0.607 bits per heavy atom. The smallest absolute Gasteiger partial charge is 0.326 e. The van der Waals surface area contributed by atoms with Crippen LogP contribution < -0.4 is 38.5 Å². The number of aliphatic hydroxyl groups excluding tert-OH is 2. The molecule has 0 radical (unpaired) electrons. The second-order valence-electron chi connectivity index (χ2n) is 13.9. The van der Waals surface area contributed by atoms with Crippen molar-refractivity contribution < 1.29 is 44.1 Å². The fourth-order valence-electron chi connectivity index (χ4n) is 4.53. The summed E-state index contributed by atoms with van der Waals surface area (Å²) < 4.78 is 0. The third-order valence-corrected chi connectivity index (χ3v) is 8.83. The van der Waals surface area contributed by atoms with Gasteiger partial charge in [-0.2, -0.15) is 0 Å². The number of nitrogen functional groups attached to an aromatic ring is 1. The maximum Gasteiger partial charge on any atom is 0.326 e. The van der Waals surface area contributed by atoms with Crippen LogP contribution in [-0.4, -0.2) is 76.1 Å². The van der Waals surface area contributed by atoms with Gasteiger partial charge in [-0.25, -0.2) is 14.4 Å². The maximum atomic E-state index is 12.7. The van der Waals surface area contributed by atoms with Crippen molar-refractivity contribution in [2.24, 2.45) is 35.1 Å². The van der Waals surface area contributed by atoms with Gasteiger partial charge in [0.2, 0.25) is 11.8 Å². The number of carboxylic acid groups (broad SMARTS) is 1. The molecule has 0 bridgehead atoms. The third kappa shape index (κ3) is 23.5. The van der Waals surface area contributed by atoms with Crippen LogP contribution in [-0.2, 0) is 38.8 Å². The van der Waals surface area contributed by atoms with Crippen molar-refractivity contribution in [1.82, 2.24) is 21.3 Å². The Balaban J connectivity index is 0. The zero-order valence-corrected chi connectivity index (χ0v) is 33.0. The summed E-state index contributed by atoms with van der Waals surface area (Å²) in [6.45, 7) is 12.0. The molecular formula is C40H67N7O9. The summed E-state index contributed by atoms with van der Waals surface area (Å²) in [6.07, 6.45) is 1.81. The van der Waals surface area contributed by atoms with E-state index >= 15 is 0 Å². The number of ketones is 1. The Kier molecular flexibility index (Phi) is 27.5. The van der Waals surface area contributed by atoms with Crippen molar-refractivity contribution in [1.29, 1.82) is 0 Å². The van der Waals surface area contributed by atoms with E-state index in [4.69, 9.17) is 32.5 Å². The van der Waals surface area contributed by atoms with Gasteiger partial charge < -0.3 is 53.8 Å². The summed E-state index contributed by atoms with van der Waals surface area (Å²) in [5.74, 6) is -1.72. The van der Waals surface area contributed by atoms with E-state index in [9.17, 15) is 28.8 Å². The molecule has 16 heteroatoms. The van der Waals surface area contributed by atoms with Gasteiger partial charge in [0, 0.05) is 37.0 Å². The van der Waals surface area contributed by atoms with Crippen LogP contribution >= 0.6 is 0 Å². The number of aliphatic carboxylic acids is 1. The Bertz CT molecular complexity index is 1470. The monoisotopic (exact) mass is 790 g/mol. The van der Waals surface area contributed by atoms with E-state index in [-0.39, 0.29) is 81.3 Å². The minimum Gasteiger partial charge on any atom is -0.480 e. The van der Waals surface area contributed by atoms with E-state index in [1.54, 1.807) is 55.5 Å². The van der Waals surface area contributed by atoms with Crippen molar-refractivity contribution in [3.63, 3.8) is 0 Å². The van der Waals surface area contributed by atoms with Crippen LogP contribution in [0.2, 0.25) is 0 Å². The van der Waals surface area contributed by atoms with E-state index in [1.807, 2.05) is 34.6 Å². The number of aliphatic hydroxyl groups is 2. The molecule has 0 aliphatic heterocycles. The van der Waals surface area contributed by atoms with Gasteiger partial charge in [0.1, 0.15) is 6.04 Å². The summed E-state index contributed by atoms with van der Waals surface area (Å²) in [4.78, 5) is 69.2. The minimum atomic E-state index is -1.08. The number of carbonyl (C=O) groups excluding carboxylic acids is 5. The molecule has 0 fully saturated rings. The fraction of sp³-hybridized carbons (Fsp3) is 0.550. The van der Waals surface area contributed by atoms with Crippen LogP contribution in [0.25, 0.3) is 0 Å². The van der Waals surface area contributed by atoms with Crippen LogP contribution in [0.5, 0.6) is 0 Å². The molecule has 2 aromatic rings. The number of urea groups is 2. The molecule has 2 aromatic carbocycles. The van der Waals surface area contributed by atoms with Gasteiger partial charge in [0.25, 0.3) is 0 Å². The van der Waals surface area contributed by atoms with Crippen LogP contribution in [0.4, 0.5) is 15.3 Å². The van der Waals surface area contributed by atoms with E-state index in [0.29, 0.717) is 25.8 Å². The molecule has 56 heavy (non-hydrogen) atoms. The first-order valence-electron chi connectivity index (χ1n) is 18.4. The van der Waals surface area contributed by atoms with Gasteiger partial charge in [0.15, 0.2) is 5.78 Å². The number of nitrogens with two attached hydrogens (primary N) is 3. The topological polar surface area (TPSA) is 289 Å². The molecule has 0 aromatic heterocycles. The number of carbonyl (C=O) groups is 6. The predicted molar refractivity (Wildman–Crippen MR) is 218 cm³/mol. The second-order valence-corrected chi connectivity index (χ2v) is 13.9. The number of anilines is 1. The summed E-state index contributed by atoms with van der Waals surface area (Å²) in [5.41, 5.74) is 18.6. The lowest BCUT2D eigenvalue weighted by Crippen LogP contribution is -2.45. The molecule has 0 heterocycles. The van der Waals surface area contributed by atoms with E-state index in [1.165, 1.54) is 0 Å². The molecule has 0 saturated carbocycles. The van der Waals surface area contributed by atoms with Crippen LogP contribution in [0.1, 0.15) is 91.3 Å². The summed E-state index contributed by atoms with van der Waals surface area (Å²) in [6, 6.07) is 11.5. The lowest BCUT2D eigenvalue weighted by Gasteiger charge is -2.22. The van der Waals surface area contributed by atoms with Gasteiger partial charge in [-0.3, -0.25) is 14.4 Å². The number of Topliss-reactive ketones (excluding diaryl/α,β-unsaturated/α-hetero) is 1. The standard InChI is InChI=1S/C20H31N3O4.C12H23N3O4.C7H9NO.CH4/c1-13(2)14(3)19(26)23-17(5-4-10-22-20(21)27)18(25)11-15-6-8-16(12-24)9-7-15;1-7(2)8(3)10(16)15-9(11(17)18)5-4-6-14-12(13)19;8-7-3-1-6(5-9)2-4-7;/h6-9,13-14,17,24H,4-5,10-12H2,1-3H3,(H,23,26)(H3,21,22,27);7-9H,4-6H2,1-3H3,(H,15,16)(H,17,18)(H3,13,14,19);1-4,9H,5,8H2;1H4/t14-,17-;8-,9-;;/m00../s1. The SMILES string of the molecule is C.CC(C)[C@H](C)C(=O)N[C@@H](CCCNC(N)=O)C(=O)Cc1ccc(CO)cc1.CC(C)[C@H](C)C(=O)N[C@@H](CCCNC(N)=O)C(=O)O.Nc1ccc(CO)cc1. The molecule has 0 spiro atoms. The predicted octanol–water partition coefficient (Wildman–Crippen LogP) is 3.21. The van der Waals surface area contributed by atoms with E-state index in [0.717, 1.165) is 22.4 Å².